The molecule has 0 radical (unpaired) electrons. The lowest BCUT2D eigenvalue weighted by atomic mass is 10.2. The summed E-state index contributed by atoms with van der Waals surface area (Å²) in [6, 6.07) is 8.12. The van der Waals surface area contributed by atoms with Crippen molar-refractivity contribution in [3.05, 3.63) is 57.9 Å². The lowest BCUT2D eigenvalue weighted by Crippen LogP contribution is -2.08. The van der Waals surface area contributed by atoms with Crippen molar-refractivity contribution < 1.29 is 19.6 Å². The van der Waals surface area contributed by atoms with Crippen LogP contribution in [0, 0.1) is 10.1 Å². The first-order valence-electron chi connectivity index (χ1n) is 5.72. The first kappa shape index (κ1) is 13.6. The smallest absolute Gasteiger partial charge is 0.352 e. The van der Waals surface area contributed by atoms with Crippen molar-refractivity contribution in [2.24, 2.45) is 0 Å². The predicted octanol–water partition coefficient (Wildman–Crippen LogP) is 2.15. The van der Waals surface area contributed by atoms with E-state index in [1.165, 1.54) is 17.9 Å². The first-order chi connectivity index (χ1) is 9.51. The van der Waals surface area contributed by atoms with E-state index in [1.807, 2.05) is 0 Å². The SMILES string of the molecule is COc1cccc(Cn2cc([N+](=O)[O-])cc2C(=O)O)c1. The lowest BCUT2D eigenvalue weighted by molar-refractivity contribution is -0.384. The Morgan fingerprint density at radius 3 is 2.80 bits per heavy atom. The van der Waals surface area contributed by atoms with Crippen LogP contribution in [0.5, 0.6) is 5.75 Å². The lowest BCUT2D eigenvalue weighted by Gasteiger charge is -2.07. The Bertz CT molecular complexity index is 663. The van der Waals surface area contributed by atoms with Crippen LogP contribution in [-0.2, 0) is 6.54 Å². The third kappa shape index (κ3) is 2.77. The predicted molar refractivity (Wildman–Crippen MR) is 70.1 cm³/mol. The molecule has 0 bridgehead atoms. The molecule has 0 saturated carbocycles. The van der Waals surface area contributed by atoms with Gasteiger partial charge in [0.15, 0.2) is 0 Å². The van der Waals surface area contributed by atoms with Crippen LogP contribution in [0.4, 0.5) is 5.69 Å². The van der Waals surface area contributed by atoms with Gasteiger partial charge < -0.3 is 14.4 Å². The number of hydrogen-bond donors (Lipinski definition) is 1. The maximum Gasteiger partial charge on any atom is 0.352 e. The Balaban J connectivity index is 2.36. The zero-order chi connectivity index (χ0) is 14.7. The molecule has 7 heteroatoms. The Kier molecular flexibility index (Phi) is 3.69. The van der Waals surface area contributed by atoms with Gasteiger partial charge in [0.1, 0.15) is 11.4 Å². The van der Waals surface area contributed by atoms with Gasteiger partial charge in [0, 0.05) is 12.6 Å². The van der Waals surface area contributed by atoms with Crippen molar-refractivity contribution in [2.75, 3.05) is 7.11 Å². The molecule has 2 aromatic rings. The number of carbonyl (C=O) groups is 1. The summed E-state index contributed by atoms with van der Waals surface area (Å²) in [5.74, 6) is -0.568. The van der Waals surface area contributed by atoms with Gasteiger partial charge in [0.05, 0.1) is 18.2 Å². The number of aromatic carboxylic acids is 1. The number of aromatic nitrogens is 1. The minimum absolute atomic E-state index is 0.125. The van der Waals surface area contributed by atoms with Crippen molar-refractivity contribution in [1.82, 2.24) is 4.57 Å². The molecular formula is C13H12N2O5. The van der Waals surface area contributed by atoms with E-state index in [4.69, 9.17) is 9.84 Å². The Labute approximate surface area is 114 Å². The van der Waals surface area contributed by atoms with E-state index in [1.54, 1.807) is 24.3 Å². The van der Waals surface area contributed by atoms with Crippen molar-refractivity contribution in [2.45, 2.75) is 6.54 Å². The molecule has 20 heavy (non-hydrogen) atoms. The summed E-state index contributed by atoms with van der Waals surface area (Å²) in [4.78, 5) is 21.2. The molecule has 104 valence electrons. The molecule has 1 aromatic heterocycles. The Hall–Kier alpha value is -2.83. The third-order valence-electron chi connectivity index (χ3n) is 2.80. The highest BCUT2D eigenvalue weighted by Crippen LogP contribution is 2.20. The summed E-state index contributed by atoms with van der Waals surface area (Å²) in [7, 11) is 1.53. The molecule has 0 aliphatic carbocycles. The van der Waals surface area contributed by atoms with Gasteiger partial charge in [0.25, 0.3) is 5.69 Å². The summed E-state index contributed by atoms with van der Waals surface area (Å²) in [6.07, 6.45) is 1.21. The number of hydrogen-bond acceptors (Lipinski definition) is 4. The van der Waals surface area contributed by atoms with Crippen molar-refractivity contribution in [3.8, 4) is 5.75 Å². The number of carboxylic acids is 1. The monoisotopic (exact) mass is 276 g/mol. The molecule has 0 saturated heterocycles. The van der Waals surface area contributed by atoms with Crippen LogP contribution < -0.4 is 4.74 Å². The molecule has 0 aliphatic rings. The minimum atomic E-state index is -1.21. The largest absolute Gasteiger partial charge is 0.497 e. The number of benzene rings is 1. The number of nitro groups is 1. The number of rotatable bonds is 5. The molecular weight excluding hydrogens is 264 g/mol. The minimum Gasteiger partial charge on any atom is -0.497 e. The normalized spacial score (nSPS) is 10.2. The fourth-order valence-electron chi connectivity index (χ4n) is 1.87. The van der Waals surface area contributed by atoms with Gasteiger partial charge in [-0.25, -0.2) is 4.79 Å². The van der Waals surface area contributed by atoms with Crippen LogP contribution in [-0.4, -0.2) is 27.7 Å². The highest BCUT2D eigenvalue weighted by Gasteiger charge is 2.18. The highest BCUT2D eigenvalue weighted by molar-refractivity contribution is 5.87. The Morgan fingerprint density at radius 1 is 1.45 bits per heavy atom. The second-order valence-corrected chi connectivity index (χ2v) is 4.13. The second kappa shape index (κ2) is 5.43. The average molecular weight is 276 g/mol. The number of nitrogens with zero attached hydrogens (tertiary/aromatic N) is 2. The maximum atomic E-state index is 11.1. The standard InChI is InChI=1S/C13H12N2O5/c1-20-11-4-2-3-9(5-11)7-14-8-10(15(18)19)6-12(14)13(16)17/h2-6,8H,7H2,1H3,(H,16,17). The molecule has 1 N–H and O–H groups in total. The summed E-state index contributed by atoms with van der Waals surface area (Å²) >= 11 is 0. The molecule has 1 aromatic carbocycles. The molecule has 0 unspecified atom stereocenters. The number of ether oxygens (including phenoxy) is 1. The van der Waals surface area contributed by atoms with E-state index < -0.39 is 10.9 Å². The van der Waals surface area contributed by atoms with E-state index in [2.05, 4.69) is 0 Å². The van der Waals surface area contributed by atoms with Gasteiger partial charge in [-0.1, -0.05) is 12.1 Å². The summed E-state index contributed by atoms with van der Waals surface area (Å²) in [5.41, 5.74) is 0.419. The first-order valence-corrected chi connectivity index (χ1v) is 5.72. The average Bonchev–Trinajstić information content (AvgIpc) is 2.83. The van der Waals surface area contributed by atoms with Gasteiger partial charge in [-0.3, -0.25) is 10.1 Å². The van der Waals surface area contributed by atoms with Crippen LogP contribution in [0.15, 0.2) is 36.5 Å². The summed E-state index contributed by atoms with van der Waals surface area (Å²) in [5, 5.41) is 19.8. The van der Waals surface area contributed by atoms with Crippen LogP contribution in [0.3, 0.4) is 0 Å². The topological polar surface area (TPSA) is 94.6 Å². The molecule has 0 spiro atoms. The van der Waals surface area contributed by atoms with Crippen LogP contribution in [0.1, 0.15) is 16.1 Å². The van der Waals surface area contributed by atoms with Gasteiger partial charge in [0.2, 0.25) is 0 Å². The van der Waals surface area contributed by atoms with Crippen LogP contribution in [0.25, 0.3) is 0 Å². The van der Waals surface area contributed by atoms with Gasteiger partial charge in [-0.2, -0.15) is 0 Å². The summed E-state index contributed by atoms with van der Waals surface area (Å²) < 4.78 is 6.41. The van der Waals surface area contributed by atoms with Gasteiger partial charge >= 0.3 is 5.97 Å². The van der Waals surface area contributed by atoms with E-state index >= 15 is 0 Å². The van der Waals surface area contributed by atoms with Crippen LogP contribution >= 0.6 is 0 Å². The van der Waals surface area contributed by atoms with Crippen molar-refractivity contribution in [1.29, 1.82) is 0 Å². The quantitative estimate of drug-likeness (QED) is 0.667. The van der Waals surface area contributed by atoms with E-state index in [9.17, 15) is 14.9 Å². The van der Waals surface area contributed by atoms with Crippen molar-refractivity contribution >= 4 is 11.7 Å². The number of carboxylic acid groups (broad SMARTS) is 1. The molecule has 7 nitrogen and oxygen atoms in total. The Morgan fingerprint density at radius 2 is 2.20 bits per heavy atom. The van der Waals surface area contributed by atoms with E-state index in [-0.39, 0.29) is 17.9 Å². The molecule has 0 amide bonds. The fourth-order valence-corrected chi connectivity index (χ4v) is 1.87. The van der Waals surface area contributed by atoms with E-state index in [0.717, 1.165) is 11.6 Å². The molecule has 1 heterocycles. The molecule has 0 atom stereocenters. The van der Waals surface area contributed by atoms with Gasteiger partial charge in [-0.05, 0) is 17.7 Å². The zero-order valence-corrected chi connectivity index (χ0v) is 10.6. The molecule has 0 fully saturated rings. The maximum absolute atomic E-state index is 11.1. The van der Waals surface area contributed by atoms with Crippen LogP contribution in [0.2, 0.25) is 0 Å². The highest BCUT2D eigenvalue weighted by atomic mass is 16.6. The zero-order valence-electron chi connectivity index (χ0n) is 10.6. The number of methoxy groups -OCH3 is 1. The third-order valence-corrected chi connectivity index (χ3v) is 2.80. The summed E-state index contributed by atoms with van der Waals surface area (Å²) in [6.45, 7) is 0.215. The fraction of sp³-hybridized carbons (Fsp3) is 0.154. The molecule has 2 rings (SSSR count). The van der Waals surface area contributed by atoms with Crippen molar-refractivity contribution in [3.63, 3.8) is 0 Å². The molecule has 0 aliphatic heterocycles. The second-order valence-electron chi connectivity index (χ2n) is 4.13. The van der Waals surface area contributed by atoms with E-state index in [0.29, 0.717) is 5.75 Å². The van der Waals surface area contributed by atoms with Gasteiger partial charge in [-0.15, -0.1) is 0 Å².